The number of hydrogen-bond donors (Lipinski definition) is 1. The Hall–Kier alpha value is -3.22. The van der Waals surface area contributed by atoms with Crippen molar-refractivity contribution in [3.8, 4) is 0 Å². The van der Waals surface area contributed by atoms with Crippen molar-refractivity contribution in [2.75, 3.05) is 11.9 Å². The molecule has 0 atom stereocenters. The van der Waals surface area contributed by atoms with Crippen molar-refractivity contribution < 1.29 is 19.2 Å². The van der Waals surface area contributed by atoms with E-state index in [0.29, 0.717) is 11.3 Å². The minimum absolute atomic E-state index is 0.0402. The first-order valence-corrected chi connectivity index (χ1v) is 7.26. The van der Waals surface area contributed by atoms with E-state index in [0.717, 1.165) is 0 Å². The lowest BCUT2D eigenvalue weighted by molar-refractivity contribution is -0.385. The van der Waals surface area contributed by atoms with E-state index in [9.17, 15) is 19.7 Å². The molecule has 0 heterocycles. The first-order valence-electron chi connectivity index (χ1n) is 7.26. The van der Waals surface area contributed by atoms with Gasteiger partial charge in [-0.15, -0.1) is 0 Å². The van der Waals surface area contributed by atoms with Gasteiger partial charge >= 0.3 is 5.97 Å². The van der Waals surface area contributed by atoms with Gasteiger partial charge in [0.1, 0.15) is 5.56 Å². The number of nitro groups is 1. The van der Waals surface area contributed by atoms with Crippen LogP contribution in [0.4, 0.5) is 11.4 Å². The van der Waals surface area contributed by atoms with Gasteiger partial charge in [0, 0.05) is 11.3 Å². The van der Waals surface area contributed by atoms with Crippen molar-refractivity contribution in [3.63, 3.8) is 0 Å². The van der Waals surface area contributed by atoms with E-state index < -0.39 is 16.8 Å². The molecule has 0 radical (unpaired) electrons. The summed E-state index contributed by atoms with van der Waals surface area (Å²) in [6.45, 7) is 3.50. The number of amides is 1. The Bertz CT molecular complexity index is 801. The Morgan fingerprint density at radius 2 is 1.92 bits per heavy atom. The number of hydrogen-bond acceptors (Lipinski definition) is 5. The summed E-state index contributed by atoms with van der Waals surface area (Å²) >= 11 is 0. The van der Waals surface area contributed by atoms with Crippen LogP contribution in [0.2, 0.25) is 0 Å². The van der Waals surface area contributed by atoms with Crippen LogP contribution >= 0.6 is 0 Å². The zero-order chi connectivity index (χ0) is 17.7. The number of carbonyl (C=O) groups is 2. The number of esters is 1. The van der Waals surface area contributed by atoms with Crippen molar-refractivity contribution >= 4 is 23.3 Å². The number of aryl methyl sites for hydroxylation is 1. The van der Waals surface area contributed by atoms with E-state index in [1.807, 2.05) is 0 Å². The number of carbonyl (C=O) groups excluding carboxylic acids is 2. The number of rotatable bonds is 5. The van der Waals surface area contributed by atoms with Gasteiger partial charge in [0.15, 0.2) is 0 Å². The van der Waals surface area contributed by atoms with Gasteiger partial charge in [-0.2, -0.15) is 0 Å². The Kier molecular flexibility index (Phi) is 5.26. The van der Waals surface area contributed by atoms with Crippen molar-refractivity contribution in [2.45, 2.75) is 13.8 Å². The Labute approximate surface area is 138 Å². The Morgan fingerprint density at radius 3 is 2.58 bits per heavy atom. The number of nitrogens with one attached hydrogen (secondary N) is 1. The molecule has 0 unspecified atom stereocenters. The second kappa shape index (κ2) is 7.36. The molecule has 2 rings (SSSR count). The summed E-state index contributed by atoms with van der Waals surface area (Å²) in [6, 6.07) is 10.7. The average molecular weight is 328 g/mol. The highest BCUT2D eigenvalue weighted by Crippen LogP contribution is 2.24. The van der Waals surface area contributed by atoms with Crippen molar-refractivity contribution in [2.24, 2.45) is 0 Å². The topological polar surface area (TPSA) is 98.5 Å². The summed E-state index contributed by atoms with van der Waals surface area (Å²) in [5, 5.41) is 13.7. The van der Waals surface area contributed by atoms with Crippen molar-refractivity contribution in [3.05, 3.63) is 69.3 Å². The SMILES string of the molecule is CCOC(=O)c1cccc(NC(=O)c2cccc(C)c2[N+](=O)[O-])c1. The van der Waals surface area contributed by atoms with Gasteiger partial charge in [0.05, 0.1) is 17.1 Å². The van der Waals surface area contributed by atoms with Crippen LogP contribution in [-0.2, 0) is 4.74 Å². The minimum atomic E-state index is -0.619. The molecule has 0 fully saturated rings. The molecule has 24 heavy (non-hydrogen) atoms. The monoisotopic (exact) mass is 328 g/mol. The summed E-state index contributed by atoms with van der Waals surface area (Å²) in [7, 11) is 0. The molecule has 124 valence electrons. The molecule has 7 heteroatoms. The normalized spacial score (nSPS) is 10.1. The maximum absolute atomic E-state index is 12.4. The zero-order valence-corrected chi connectivity index (χ0v) is 13.2. The van der Waals surface area contributed by atoms with Crippen LogP contribution in [-0.4, -0.2) is 23.4 Å². The second-order valence-corrected chi connectivity index (χ2v) is 4.98. The largest absolute Gasteiger partial charge is 0.462 e. The van der Waals surface area contributed by atoms with E-state index in [1.54, 1.807) is 44.2 Å². The molecule has 1 amide bonds. The molecule has 2 aromatic rings. The fourth-order valence-electron chi connectivity index (χ4n) is 2.22. The highest BCUT2D eigenvalue weighted by Gasteiger charge is 2.22. The number of nitro benzene ring substituents is 1. The maximum Gasteiger partial charge on any atom is 0.338 e. The van der Waals surface area contributed by atoms with E-state index in [-0.39, 0.29) is 23.4 Å². The van der Waals surface area contributed by atoms with Crippen LogP contribution in [0.25, 0.3) is 0 Å². The lowest BCUT2D eigenvalue weighted by Gasteiger charge is -2.08. The van der Waals surface area contributed by atoms with E-state index in [4.69, 9.17) is 4.74 Å². The highest BCUT2D eigenvalue weighted by atomic mass is 16.6. The van der Waals surface area contributed by atoms with Gasteiger partial charge in [-0.05, 0) is 38.1 Å². The van der Waals surface area contributed by atoms with Gasteiger partial charge in [0.2, 0.25) is 0 Å². The first kappa shape index (κ1) is 17.1. The number of para-hydroxylation sites is 1. The molecule has 0 aromatic heterocycles. The summed E-state index contributed by atoms with van der Waals surface area (Å²) in [5.41, 5.74) is 0.751. The molecule has 0 spiro atoms. The fourth-order valence-corrected chi connectivity index (χ4v) is 2.22. The molecule has 0 aliphatic heterocycles. The fraction of sp³-hybridized carbons (Fsp3) is 0.176. The van der Waals surface area contributed by atoms with Gasteiger partial charge in [-0.3, -0.25) is 14.9 Å². The quantitative estimate of drug-likeness (QED) is 0.515. The van der Waals surface area contributed by atoms with Crippen LogP contribution in [0.5, 0.6) is 0 Å². The van der Waals surface area contributed by atoms with Gasteiger partial charge in [0.25, 0.3) is 11.6 Å². The third kappa shape index (κ3) is 3.75. The van der Waals surface area contributed by atoms with Crippen LogP contribution in [0, 0.1) is 17.0 Å². The molecular weight excluding hydrogens is 312 g/mol. The zero-order valence-electron chi connectivity index (χ0n) is 13.2. The highest BCUT2D eigenvalue weighted by molar-refractivity contribution is 6.07. The van der Waals surface area contributed by atoms with E-state index >= 15 is 0 Å². The van der Waals surface area contributed by atoms with Gasteiger partial charge in [-0.1, -0.05) is 18.2 Å². The lowest BCUT2D eigenvalue weighted by atomic mass is 10.1. The van der Waals surface area contributed by atoms with Crippen LogP contribution < -0.4 is 5.32 Å². The number of nitrogens with zero attached hydrogens (tertiary/aromatic N) is 1. The molecule has 0 saturated carbocycles. The van der Waals surface area contributed by atoms with Crippen LogP contribution in [0.15, 0.2) is 42.5 Å². The van der Waals surface area contributed by atoms with Gasteiger partial charge < -0.3 is 10.1 Å². The minimum Gasteiger partial charge on any atom is -0.462 e. The third-order valence-corrected chi connectivity index (χ3v) is 3.30. The predicted molar refractivity (Wildman–Crippen MR) is 88.2 cm³/mol. The molecule has 7 nitrogen and oxygen atoms in total. The van der Waals surface area contributed by atoms with Crippen LogP contribution in [0.1, 0.15) is 33.2 Å². The maximum atomic E-state index is 12.4. The smallest absolute Gasteiger partial charge is 0.338 e. The number of anilines is 1. The molecule has 1 N–H and O–H groups in total. The van der Waals surface area contributed by atoms with Crippen molar-refractivity contribution in [1.82, 2.24) is 0 Å². The molecule has 0 saturated heterocycles. The summed E-state index contributed by atoms with van der Waals surface area (Å²) in [5.74, 6) is -1.12. The van der Waals surface area contributed by atoms with Crippen molar-refractivity contribution in [1.29, 1.82) is 0 Å². The molecule has 0 aliphatic carbocycles. The Morgan fingerprint density at radius 1 is 1.21 bits per heavy atom. The second-order valence-electron chi connectivity index (χ2n) is 4.98. The Balaban J connectivity index is 2.28. The molecule has 0 bridgehead atoms. The first-order chi connectivity index (χ1) is 11.4. The number of benzene rings is 2. The molecule has 2 aromatic carbocycles. The van der Waals surface area contributed by atoms with Crippen LogP contribution in [0.3, 0.4) is 0 Å². The summed E-state index contributed by atoms with van der Waals surface area (Å²) in [6.07, 6.45) is 0. The predicted octanol–water partition coefficient (Wildman–Crippen LogP) is 3.33. The summed E-state index contributed by atoms with van der Waals surface area (Å²) < 4.78 is 4.90. The van der Waals surface area contributed by atoms with Gasteiger partial charge in [-0.25, -0.2) is 4.79 Å². The summed E-state index contributed by atoms with van der Waals surface area (Å²) in [4.78, 5) is 34.7. The number of ether oxygens (including phenoxy) is 1. The van der Waals surface area contributed by atoms with E-state index in [2.05, 4.69) is 5.32 Å². The van der Waals surface area contributed by atoms with E-state index in [1.165, 1.54) is 12.1 Å². The molecule has 0 aliphatic rings. The standard InChI is InChI=1S/C17H16N2O5/c1-3-24-17(21)12-7-5-8-13(10-12)18-16(20)14-9-4-6-11(2)15(14)19(22)23/h4-10H,3H2,1-2H3,(H,18,20). The third-order valence-electron chi connectivity index (χ3n) is 3.30. The molecular formula is C17H16N2O5. The lowest BCUT2D eigenvalue weighted by Crippen LogP contribution is -2.15. The average Bonchev–Trinajstić information content (AvgIpc) is 2.54.